The number of nitrogens with one attached hydrogen (secondary N) is 3. The lowest BCUT2D eigenvalue weighted by atomic mass is 9.91. The molecule has 0 saturated carbocycles. The quantitative estimate of drug-likeness (QED) is 0.230. The molecule has 1 amide bonds. The van der Waals surface area contributed by atoms with Gasteiger partial charge in [-0.15, -0.1) is 41.7 Å². The van der Waals surface area contributed by atoms with Crippen molar-refractivity contribution in [1.82, 2.24) is 10.6 Å². The summed E-state index contributed by atoms with van der Waals surface area (Å²) in [5, 5.41) is 11.4. The first kappa shape index (κ1) is 24.0. The number of hydrogen-bond donors (Lipinski definition) is 3. The van der Waals surface area contributed by atoms with Crippen molar-refractivity contribution in [2.24, 2.45) is 4.99 Å². The van der Waals surface area contributed by atoms with Crippen LogP contribution in [0, 0.1) is 12.3 Å². The number of aliphatic imine (C=N–C) groups is 1. The van der Waals surface area contributed by atoms with E-state index < -0.39 is 0 Å². The summed E-state index contributed by atoms with van der Waals surface area (Å²) >= 11 is 1.74. The van der Waals surface area contributed by atoms with Crippen LogP contribution in [-0.4, -0.2) is 31.5 Å². The Morgan fingerprint density at radius 2 is 2.04 bits per heavy atom. The number of halogens is 1. The molecular formula is C21H27IN4OS. The lowest BCUT2D eigenvalue weighted by Crippen LogP contribution is -2.43. The highest BCUT2D eigenvalue weighted by atomic mass is 127. The molecule has 0 unspecified atom stereocenters. The molecule has 0 aliphatic heterocycles. The normalized spacial score (nSPS) is 11.1. The van der Waals surface area contributed by atoms with Gasteiger partial charge < -0.3 is 16.0 Å². The average molecular weight is 510 g/mol. The molecule has 0 aliphatic carbocycles. The van der Waals surface area contributed by atoms with Crippen LogP contribution in [-0.2, 0) is 10.2 Å². The highest BCUT2D eigenvalue weighted by molar-refractivity contribution is 14.0. The van der Waals surface area contributed by atoms with Crippen LogP contribution in [0.5, 0.6) is 0 Å². The van der Waals surface area contributed by atoms with Gasteiger partial charge in [-0.25, -0.2) is 4.99 Å². The molecule has 0 bridgehead atoms. The SMILES string of the molecule is C#Cc1cccc(NC(=O)CN=C(NCC)NCC(C)(C)c2cccs2)c1.I. The van der Waals surface area contributed by atoms with Gasteiger partial charge in [-0.1, -0.05) is 31.9 Å². The predicted molar refractivity (Wildman–Crippen MR) is 130 cm³/mol. The van der Waals surface area contributed by atoms with Crippen LogP contribution < -0.4 is 16.0 Å². The molecule has 0 spiro atoms. The Morgan fingerprint density at radius 1 is 1.25 bits per heavy atom. The number of amides is 1. The van der Waals surface area contributed by atoms with Gasteiger partial charge in [0.05, 0.1) is 0 Å². The van der Waals surface area contributed by atoms with Crippen LogP contribution in [0.3, 0.4) is 0 Å². The number of terminal acetylenes is 1. The van der Waals surface area contributed by atoms with Gasteiger partial charge in [0.2, 0.25) is 5.91 Å². The van der Waals surface area contributed by atoms with E-state index >= 15 is 0 Å². The lowest BCUT2D eigenvalue weighted by molar-refractivity contribution is -0.114. The van der Waals surface area contributed by atoms with E-state index in [4.69, 9.17) is 6.42 Å². The first-order chi connectivity index (χ1) is 12.9. The molecule has 0 atom stereocenters. The maximum atomic E-state index is 12.2. The smallest absolute Gasteiger partial charge is 0.246 e. The number of thiophene rings is 1. The number of nitrogens with zero attached hydrogens (tertiary/aromatic N) is 1. The van der Waals surface area contributed by atoms with Crippen molar-refractivity contribution >= 4 is 52.9 Å². The van der Waals surface area contributed by atoms with Crippen molar-refractivity contribution in [3.63, 3.8) is 0 Å². The van der Waals surface area contributed by atoms with E-state index in [2.05, 4.69) is 58.2 Å². The summed E-state index contributed by atoms with van der Waals surface area (Å²) in [4.78, 5) is 17.9. The van der Waals surface area contributed by atoms with Gasteiger partial charge in [0.1, 0.15) is 6.54 Å². The van der Waals surface area contributed by atoms with Crippen molar-refractivity contribution in [3.05, 3.63) is 52.2 Å². The topological polar surface area (TPSA) is 65.5 Å². The Kier molecular flexibility index (Phi) is 10.0. The van der Waals surface area contributed by atoms with Crippen molar-refractivity contribution < 1.29 is 4.79 Å². The highest BCUT2D eigenvalue weighted by Gasteiger charge is 2.21. The Balaban J connectivity index is 0.00000392. The van der Waals surface area contributed by atoms with Crippen molar-refractivity contribution in [2.45, 2.75) is 26.2 Å². The summed E-state index contributed by atoms with van der Waals surface area (Å²) in [7, 11) is 0. The summed E-state index contributed by atoms with van der Waals surface area (Å²) in [5.41, 5.74) is 1.37. The molecule has 0 fully saturated rings. The first-order valence-electron chi connectivity index (χ1n) is 8.87. The number of benzene rings is 1. The van der Waals surface area contributed by atoms with E-state index in [1.807, 2.05) is 19.1 Å². The minimum atomic E-state index is -0.195. The number of hydrogen-bond acceptors (Lipinski definition) is 3. The maximum absolute atomic E-state index is 12.2. The third-order valence-electron chi connectivity index (χ3n) is 3.92. The fourth-order valence-corrected chi connectivity index (χ4v) is 3.29. The number of carbonyl (C=O) groups is 1. The fourth-order valence-electron chi connectivity index (χ4n) is 2.44. The van der Waals surface area contributed by atoms with Crippen LogP contribution >= 0.6 is 35.3 Å². The van der Waals surface area contributed by atoms with E-state index in [0.717, 1.165) is 12.1 Å². The zero-order valence-electron chi connectivity index (χ0n) is 16.4. The second-order valence-corrected chi connectivity index (χ2v) is 7.63. The molecule has 2 aromatic rings. The average Bonchev–Trinajstić information content (AvgIpc) is 3.20. The minimum Gasteiger partial charge on any atom is -0.357 e. The molecule has 2 rings (SSSR count). The minimum absolute atomic E-state index is 0. The van der Waals surface area contributed by atoms with Gasteiger partial charge in [-0.2, -0.15) is 0 Å². The van der Waals surface area contributed by atoms with Gasteiger partial charge in [-0.05, 0) is 36.6 Å². The van der Waals surface area contributed by atoms with Gasteiger partial charge in [-0.3, -0.25) is 4.79 Å². The molecule has 3 N–H and O–H groups in total. The Morgan fingerprint density at radius 3 is 2.68 bits per heavy atom. The maximum Gasteiger partial charge on any atom is 0.246 e. The number of anilines is 1. The summed E-state index contributed by atoms with van der Waals surface area (Å²) in [6.07, 6.45) is 5.38. The predicted octanol–water partition coefficient (Wildman–Crippen LogP) is 3.82. The molecule has 0 radical (unpaired) electrons. The monoisotopic (exact) mass is 510 g/mol. The summed E-state index contributed by atoms with van der Waals surface area (Å²) < 4.78 is 0. The molecule has 5 nitrogen and oxygen atoms in total. The molecule has 1 heterocycles. The van der Waals surface area contributed by atoms with E-state index in [1.54, 1.807) is 23.5 Å². The summed E-state index contributed by atoms with van der Waals surface area (Å²) in [6, 6.07) is 11.4. The van der Waals surface area contributed by atoms with E-state index in [-0.39, 0.29) is 41.8 Å². The molecule has 0 aliphatic rings. The molecule has 150 valence electrons. The van der Waals surface area contributed by atoms with Crippen LogP contribution in [0.25, 0.3) is 0 Å². The van der Waals surface area contributed by atoms with Crippen molar-refractivity contribution in [3.8, 4) is 12.3 Å². The molecular weight excluding hydrogens is 483 g/mol. The first-order valence-corrected chi connectivity index (χ1v) is 9.75. The number of rotatable bonds is 7. The van der Waals surface area contributed by atoms with Gasteiger partial charge >= 0.3 is 0 Å². The molecule has 0 saturated heterocycles. The van der Waals surface area contributed by atoms with Crippen LogP contribution in [0.15, 0.2) is 46.8 Å². The van der Waals surface area contributed by atoms with Crippen LogP contribution in [0.1, 0.15) is 31.2 Å². The van der Waals surface area contributed by atoms with Gasteiger partial charge in [0, 0.05) is 34.6 Å². The zero-order valence-corrected chi connectivity index (χ0v) is 19.6. The third kappa shape index (κ3) is 7.52. The highest BCUT2D eigenvalue weighted by Crippen LogP contribution is 2.26. The number of guanidine groups is 1. The van der Waals surface area contributed by atoms with E-state index in [1.165, 1.54) is 4.88 Å². The zero-order chi connectivity index (χ0) is 19.7. The second-order valence-electron chi connectivity index (χ2n) is 6.68. The fraction of sp³-hybridized carbons (Fsp3) is 0.333. The number of carbonyl (C=O) groups excluding carboxylic acids is 1. The van der Waals surface area contributed by atoms with Crippen molar-refractivity contribution in [1.29, 1.82) is 0 Å². The molecule has 1 aromatic heterocycles. The molecule has 7 heteroatoms. The van der Waals surface area contributed by atoms with E-state index in [9.17, 15) is 4.79 Å². The Bertz CT molecular complexity index is 825. The second kappa shape index (κ2) is 11.7. The van der Waals surface area contributed by atoms with Crippen LogP contribution in [0.4, 0.5) is 5.69 Å². The van der Waals surface area contributed by atoms with Gasteiger partial charge in [0.15, 0.2) is 5.96 Å². The third-order valence-corrected chi connectivity index (χ3v) is 5.16. The molecule has 1 aromatic carbocycles. The standard InChI is InChI=1S/C21H26N4OS.HI/c1-5-16-9-7-10-17(13-16)25-19(26)14-23-20(22-6-2)24-15-21(3,4)18-11-8-12-27-18;/h1,7-13H,6,14-15H2,2-4H3,(H,25,26)(H2,22,23,24);1H. The Hall–Kier alpha value is -2.05. The van der Waals surface area contributed by atoms with Gasteiger partial charge in [0.25, 0.3) is 0 Å². The molecule has 28 heavy (non-hydrogen) atoms. The largest absolute Gasteiger partial charge is 0.357 e. The summed E-state index contributed by atoms with van der Waals surface area (Å²) in [5.74, 6) is 2.98. The summed E-state index contributed by atoms with van der Waals surface area (Å²) in [6.45, 7) is 7.81. The van der Waals surface area contributed by atoms with Crippen molar-refractivity contribution in [2.75, 3.05) is 25.0 Å². The van der Waals surface area contributed by atoms with Crippen LogP contribution in [0.2, 0.25) is 0 Å². The van der Waals surface area contributed by atoms with E-state index in [0.29, 0.717) is 18.2 Å². The lowest BCUT2D eigenvalue weighted by Gasteiger charge is -2.25. The Labute approximate surface area is 188 Å².